The van der Waals surface area contributed by atoms with E-state index in [1.54, 1.807) is 0 Å². The Labute approximate surface area is 151 Å². The van der Waals surface area contributed by atoms with Gasteiger partial charge in [0.1, 0.15) is 5.41 Å². The monoisotopic (exact) mass is 342 g/mol. The van der Waals surface area contributed by atoms with E-state index in [1.807, 2.05) is 24.0 Å². The highest BCUT2D eigenvalue weighted by atomic mass is 16.2. The second-order valence-corrected chi connectivity index (χ2v) is 8.20. The molecule has 1 N–H and O–H groups in total. The molecule has 1 saturated carbocycles. The molecule has 1 aromatic rings. The number of para-hydroxylation sites is 1. The van der Waals surface area contributed by atoms with Crippen molar-refractivity contribution in [1.29, 1.82) is 0 Å². The summed E-state index contributed by atoms with van der Waals surface area (Å²) in [5.41, 5.74) is 2.24. The summed E-state index contributed by atoms with van der Waals surface area (Å²) in [5, 5.41) is 3.11. The number of carbonyl (C=O) groups excluding carboxylic acids is 2. The maximum atomic E-state index is 13.0. The van der Waals surface area contributed by atoms with Gasteiger partial charge in [0.15, 0.2) is 0 Å². The Morgan fingerprint density at radius 1 is 1.20 bits per heavy atom. The van der Waals surface area contributed by atoms with Gasteiger partial charge in [-0.1, -0.05) is 39.0 Å². The predicted molar refractivity (Wildman–Crippen MR) is 101 cm³/mol. The van der Waals surface area contributed by atoms with E-state index in [1.165, 1.54) is 0 Å². The van der Waals surface area contributed by atoms with Crippen LogP contribution in [-0.4, -0.2) is 29.8 Å². The van der Waals surface area contributed by atoms with Gasteiger partial charge in [-0.3, -0.25) is 9.59 Å². The lowest BCUT2D eigenvalue weighted by Crippen LogP contribution is -2.46. The summed E-state index contributed by atoms with van der Waals surface area (Å²) in [5.74, 6) is 0.919. The van der Waals surface area contributed by atoms with Crippen LogP contribution in [0.4, 0.5) is 5.69 Å². The van der Waals surface area contributed by atoms with E-state index < -0.39 is 5.41 Å². The third-order valence-corrected chi connectivity index (χ3v) is 5.83. The number of hydrogen-bond acceptors (Lipinski definition) is 2. The Bertz CT molecular complexity index is 668. The van der Waals surface area contributed by atoms with Crippen LogP contribution in [0.25, 0.3) is 0 Å². The molecule has 2 aliphatic rings. The smallest absolute Gasteiger partial charge is 0.240 e. The molecular weight excluding hydrogens is 312 g/mol. The fraction of sp³-hybridized carbons (Fsp3) is 0.619. The van der Waals surface area contributed by atoms with Crippen molar-refractivity contribution in [2.75, 3.05) is 18.4 Å². The Balaban J connectivity index is 1.76. The number of rotatable bonds is 4. The Morgan fingerprint density at radius 2 is 1.84 bits per heavy atom. The molecule has 1 heterocycles. The summed E-state index contributed by atoms with van der Waals surface area (Å²) >= 11 is 0. The van der Waals surface area contributed by atoms with Gasteiger partial charge >= 0.3 is 0 Å². The first-order chi connectivity index (χ1) is 11.8. The zero-order chi connectivity index (χ0) is 18.2. The molecule has 0 atom stereocenters. The average Bonchev–Trinajstić information content (AvgIpc) is 3.38. The van der Waals surface area contributed by atoms with Crippen molar-refractivity contribution >= 4 is 17.5 Å². The van der Waals surface area contributed by atoms with Crippen LogP contribution in [0.5, 0.6) is 0 Å². The lowest BCUT2D eigenvalue weighted by molar-refractivity contribution is -0.143. The number of hydrogen-bond donors (Lipinski definition) is 1. The van der Waals surface area contributed by atoms with Crippen molar-refractivity contribution in [3.8, 4) is 0 Å². The highest BCUT2D eigenvalue weighted by Crippen LogP contribution is 2.49. The number of benzene rings is 1. The van der Waals surface area contributed by atoms with Crippen LogP contribution in [0.2, 0.25) is 0 Å². The van der Waals surface area contributed by atoms with Crippen LogP contribution in [0, 0.1) is 18.3 Å². The average molecular weight is 342 g/mol. The lowest BCUT2D eigenvalue weighted by atomic mass is 9.95. The van der Waals surface area contributed by atoms with Crippen molar-refractivity contribution in [1.82, 2.24) is 4.90 Å². The van der Waals surface area contributed by atoms with Crippen LogP contribution < -0.4 is 5.32 Å². The molecule has 0 aromatic heterocycles. The van der Waals surface area contributed by atoms with E-state index >= 15 is 0 Å². The second-order valence-electron chi connectivity index (χ2n) is 8.20. The minimum Gasteiger partial charge on any atom is -0.342 e. The standard InChI is InChI=1S/C21H30N2O2/c1-14(2)17-7-5-6-16(4)18(17)22-19(24)21(10-11-21)20(25)23-12-8-15(3)9-13-23/h5-7,14-15H,8-13H2,1-4H3,(H,22,24). The van der Waals surface area contributed by atoms with Crippen LogP contribution >= 0.6 is 0 Å². The Morgan fingerprint density at radius 3 is 2.40 bits per heavy atom. The molecule has 0 spiro atoms. The normalized spacial score (nSPS) is 19.8. The zero-order valence-corrected chi connectivity index (χ0v) is 15.9. The first kappa shape index (κ1) is 18.0. The molecule has 1 saturated heterocycles. The largest absolute Gasteiger partial charge is 0.342 e. The number of nitrogens with one attached hydrogen (secondary N) is 1. The van der Waals surface area contributed by atoms with Gasteiger partial charge in [-0.2, -0.15) is 0 Å². The molecule has 136 valence electrons. The van der Waals surface area contributed by atoms with Gasteiger partial charge in [0.2, 0.25) is 11.8 Å². The summed E-state index contributed by atoms with van der Waals surface area (Å²) in [6.45, 7) is 10.1. The van der Waals surface area contributed by atoms with Crippen LogP contribution in [0.3, 0.4) is 0 Å². The molecule has 25 heavy (non-hydrogen) atoms. The quantitative estimate of drug-likeness (QED) is 0.838. The first-order valence-corrected chi connectivity index (χ1v) is 9.55. The van der Waals surface area contributed by atoms with Crippen LogP contribution in [0.15, 0.2) is 18.2 Å². The number of aryl methyl sites for hydroxylation is 1. The number of likely N-dealkylation sites (tertiary alicyclic amines) is 1. The summed E-state index contributed by atoms with van der Waals surface area (Å²) < 4.78 is 0. The predicted octanol–water partition coefficient (Wildman–Crippen LogP) is 4.10. The summed E-state index contributed by atoms with van der Waals surface area (Å²) in [7, 11) is 0. The fourth-order valence-corrected chi connectivity index (χ4v) is 3.75. The molecule has 0 bridgehead atoms. The van der Waals surface area contributed by atoms with Crippen molar-refractivity contribution < 1.29 is 9.59 Å². The van der Waals surface area contributed by atoms with Gasteiger partial charge < -0.3 is 10.2 Å². The number of amides is 2. The van der Waals surface area contributed by atoms with Crippen molar-refractivity contribution in [2.45, 2.75) is 59.3 Å². The number of carbonyl (C=O) groups is 2. The third kappa shape index (κ3) is 3.44. The minimum atomic E-state index is -0.822. The maximum absolute atomic E-state index is 13.0. The molecule has 0 radical (unpaired) electrons. The molecule has 2 fully saturated rings. The van der Waals surface area contributed by atoms with E-state index in [0.717, 1.165) is 42.7 Å². The highest BCUT2D eigenvalue weighted by Gasteiger charge is 2.58. The first-order valence-electron chi connectivity index (χ1n) is 9.55. The van der Waals surface area contributed by atoms with Gasteiger partial charge in [-0.05, 0) is 55.6 Å². The molecule has 1 aromatic carbocycles. The van der Waals surface area contributed by atoms with Crippen LogP contribution in [-0.2, 0) is 9.59 Å². The number of anilines is 1. The van der Waals surface area contributed by atoms with Gasteiger partial charge in [-0.15, -0.1) is 0 Å². The Kier molecular flexibility index (Phi) is 4.90. The second kappa shape index (κ2) is 6.81. The zero-order valence-electron chi connectivity index (χ0n) is 15.9. The number of piperidine rings is 1. The summed E-state index contributed by atoms with van der Waals surface area (Å²) in [4.78, 5) is 27.9. The van der Waals surface area contributed by atoms with Crippen LogP contribution in [0.1, 0.15) is 63.5 Å². The molecule has 1 aliphatic carbocycles. The van der Waals surface area contributed by atoms with Gasteiger partial charge in [0.25, 0.3) is 0 Å². The molecular formula is C21H30N2O2. The van der Waals surface area contributed by atoms with Crippen molar-refractivity contribution in [3.63, 3.8) is 0 Å². The summed E-state index contributed by atoms with van der Waals surface area (Å²) in [6, 6.07) is 6.09. The SMILES string of the molecule is Cc1cccc(C(C)C)c1NC(=O)C1(C(=O)N2CCC(C)CC2)CC1. The fourth-order valence-electron chi connectivity index (χ4n) is 3.75. The topological polar surface area (TPSA) is 49.4 Å². The maximum Gasteiger partial charge on any atom is 0.240 e. The van der Waals surface area contributed by atoms with Gasteiger partial charge in [-0.25, -0.2) is 0 Å². The Hall–Kier alpha value is -1.84. The summed E-state index contributed by atoms with van der Waals surface area (Å²) in [6.07, 6.45) is 3.43. The lowest BCUT2D eigenvalue weighted by Gasteiger charge is -2.33. The molecule has 0 unspecified atom stereocenters. The van der Waals surface area contributed by atoms with Crippen molar-refractivity contribution in [2.24, 2.45) is 11.3 Å². The van der Waals surface area contributed by atoms with E-state index in [4.69, 9.17) is 0 Å². The minimum absolute atomic E-state index is 0.0385. The van der Waals surface area contributed by atoms with E-state index in [-0.39, 0.29) is 11.8 Å². The molecule has 4 heteroatoms. The van der Waals surface area contributed by atoms with E-state index in [0.29, 0.717) is 24.7 Å². The molecule has 3 rings (SSSR count). The van der Waals surface area contributed by atoms with E-state index in [9.17, 15) is 9.59 Å². The van der Waals surface area contributed by atoms with Crippen molar-refractivity contribution in [3.05, 3.63) is 29.3 Å². The van der Waals surface area contributed by atoms with Gasteiger partial charge in [0, 0.05) is 18.8 Å². The van der Waals surface area contributed by atoms with E-state index in [2.05, 4.69) is 32.2 Å². The number of nitrogens with zero attached hydrogens (tertiary/aromatic N) is 1. The van der Waals surface area contributed by atoms with Gasteiger partial charge in [0.05, 0.1) is 0 Å². The third-order valence-electron chi connectivity index (χ3n) is 5.83. The molecule has 4 nitrogen and oxygen atoms in total. The molecule has 2 amide bonds. The highest BCUT2D eigenvalue weighted by molar-refractivity contribution is 6.13. The molecule has 1 aliphatic heterocycles.